The van der Waals surface area contributed by atoms with Crippen LogP contribution in [0.5, 0.6) is 5.75 Å². The second-order valence-electron chi connectivity index (χ2n) is 5.80. The molecule has 0 aliphatic carbocycles. The molecule has 0 fully saturated rings. The van der Waals surface area contributed by atoms with E-state index in [1.54, 1.807) is 7.11 Å². The Kier molecular flexibility index (Phi) is 7.08. The van der Waals surface area contributed by atoms with E-state index in [4.69, 9.17) is 4.74 Å². The number of aryl methyl sites for hydroxylation is 2. The number of benzene rings is 1. The standard InChI is InChI=1S/C18H31NO/c1-7-9-15(10-8-2)18(19-5)17-14(4)11-13(3)12-16(17)20-6/h11-12,15,18-19H,7-10H2,1-6H3. The number of methoxy groups -OCH3 is 1. The molecule has 1 atom stereocenters. The Morgan fingerprint density at radius 2 is 1.70 bits per heavy atom. The summed E-state index contributed by atoms with van der Waals surface area (Å²) in [6.45, 7) is 8.87. The first-order chi connectivity index (χ1) is 9.58. The molecule has 0 amide bonds. The summed E-state index contributed by atoms with van der Waals surface area (Å²) < 4.78 is 5.66. The van der Waals surface area contributed by atoms with Crippen LogP contribution in [0.4, 0.5) is 0 Å². The van der Waals surface area contributed by atoms with Gasteiger partial charge in [-0.2, -0.15) is 0 Å². The number of nitrogens with one attached hydrogen (secondary N) is 1. The van der Waals surface area contributed by atoms with E-state index >= 15 is 0 Å². The van der Waals surface area contributed by atoms with E-state index in [9.17, 15) is 0 Å². The number of hydrogen-bond acceptors (Lipinski definition) is 2. The molecule has 0 aromatic heterocycles. The number of rotatable bonds is 8. The van der Waals surface area contributed by atoms with Gasteiger partial charge in [-0.25, -0.2) is 0 Å². The van der Waals surface area contributed by atoms with Crippen LogP contribution in [-0.2, 0) is 0 Å². The van der Waals surface area contributed by atoms with E-state index in [2.05, 4.69) is 52.2 Å². The molecule has 0 radical (unpaired) electrons. The molecule has 0 aliphatic rings. The van der Waals surface area contributed by atoms with E-state index in [1.165, 1.54) is 42.4 Å². The molecule has 0 aliphatic heterocycles. The molecule has 1 aromatic rings. The second kappa shape index (κ2) is 8.31. The van der Waals surface area contributed by atoms with Crippen molar-refractivity contribution < 1.29 is 4.74 Å². The largest absolute Gasteiger partial charge is 0.496 e. The highest BCUT2D eigenvalue weighted by molar-refractivity contribution is 5.45. The third kappa shape index (κ3) is 3.99. The summed E-state index contributed by atoms with van der Waals surface area (Å²) in [7, 11) is 3.85. The van der Waals surface area contributed by atoms with E-state index in [1.807, 2.05) is 0 Å². The summed E-state index contributed by atoms with van der Waals surface area (Å²) >= 11 is 0. The minimum Gasteiger partial charge on any atom is -0.496 e. The van der Waals surface area contributed by atoms with Gasteiger partial charge in [-0.3, -0.25) is 0 Å². The smallest absolute Gasteiger partial charge is 0.124 e. The van der Waals surface area contributed by atoms with Crippen LogP contribution in [-0.4, -0.2) is 14.2 Å². The summed E-state index contributed by atoms with van der Waals surface area (Å²) in [5, 5.41) is 3.54. The molecule has 0 bridgehead atoms. The van der Waals surface area contributed by atoms with Crippen molar-refractivity contribution in [2.75, 3.05) is 14.2 Å². The van der Waals surface area contributed by atoms with Crippen molar-refractivity contribution in [2.45, 2.75) is 59.4 Å². The summed E-state index contributed by atoms with van der Waals surface area (Å²) in [6, 6.07) is 4.80. The normalized spacial score (nSPS) is 12.8. The summed E-state index contributed by atoms with van der Waals surface area (Å²) in [5.41, 5.74) is 3.94. The monoisotopic (exact) mass is 277 g/mol. The summed E-state index contributed by atoms with van der Waals surface area (Å²) in [6.07, 6.45) is 4.98. The predicted octanol–water partition coefficient (Wildman–Crippen LogP) is 4.79. The lowest BCUT2D eigenvalue weighted by Gasteiger charge is -2.30. The lowest BCUT2D eigenvalue weighted by Crippen LogP contribution is -2.26. The van der Waals surface area contributed by atoms with Gasteiger partial charge in [0.2, 0.25) is 0 Å². The quantitative estimate of drug-likeness (QED) is 0.737. The Morgan fingerprint density at radius 3 is 2.15 bits per heavy atom. The Balaban J connectivity index is 3.22. The van der Waals surface area contributed by atoms with Gasteiger partial charge in [0, 0.05) is 11.6 Å². The van der Waals surface area contributed by atoms with E-state index in [0.717, 1.165) is 5.75 Å². The predicted molar refractivity (Wildman–Crippen MR) is 87.6 cm³/mol. The van der Waals surface area contributed by atoms with Crippen molar-refractivity contribution in [3.63, 3.8) is 0 Å². The lowest BCUT2D eigenvalue weighted by molar-refractivity contribution is 0.317. The summed E-state index contributed by atoms with van der Waals surface area (Å²) in [4.78, 5) is 0. The zero-order valence-corrected chi connectivity index (χ0v) is 14.0. The van der Waals surface area contributed by atoms with Crippen molar-refractivity contribution in [2.24, 2.45) is 5.92 Å². The highest BCUT2D eigenvalue weighted by atomic mass is 16.5. The molecule has 1 unspecified atom stereocenters. The fourth-order valence-electron chi connectivity index (χ4n) is 3.34. The van der Waals surface area contributed by atoms with Crippen LogP contribution in [0.1, 0.15) is 62.3 Å². The average molecular weight is 277 g/mol. The molecular formula is C18H31NO. The van der Waals surface area contributed by atoms with Gasteiger partial charge in [0.1, 0.15) is 5.75 Å². The Labute approximate surface area is 124 Å². The van der Waals surface area contributed by atoms with Gasteiger partial charge in [-0.05, 0) is 56.8 Å². The molecule has 1 N–H and O–H groups in total. The van der Waals surface area contributed by atoms with Gasteiger partial charge in [0.15, 0.2) is 0 Å². The average Bonchev–Trinajstić information content (AvgIpc) is 2.41. The highest BCUT2D eigenvalue weighted by Gasteiger charge is 2.25. The van der Waals surface area contributed by atoms with Crippen molar-refractivity contribution >= 4 is 0 Å². The van der Waals surface area contributed by atoms with Gasteiger partial charge in [-0.1, -0.05) is 32.8 Å². The van der Waals surface area contributed by atoms with Crippen molar-refractivity contribution in [3.05, 3.63) is 28.8 Å². The first kappa shape index (κ1) is 17.0. The lowest BCUT2D eigenvalue weighted by atomic mass is 9.83. The van der Waals surface area contributed by atoms with E-state index < -0.39 is 0 Å². The highest BCUT2D eigenvalue weighted by Crippen LogP contribution is 2.37. The van der Waals surface area contributed by atoms with Crippen molar-refractivity contribution in [1.29, 1.82) is 0 Å². The van der Waals surface area contributed by atoms with Crippen LogP contribution in [0.3, 0.4) is 0 Å². The molecule has 2 nitrogen and oxygen atoms in total. The van der Waals surface area contributed by atoms with Crippen LogP contribution in [0.25, 0.3) is 0 Å². The second-order valence-corrected chi connectivity index (χ2v) is 5.80. The van der Waals surface area contributed by atoms with Gasteiger partial charge >= 0.3 is 0 Å². The molecule has 2 heteroatoms. The van der Waals surface area contributed by atoms with Gasteiger partial charge < -0.3 is 10.1 Å². The van der Waals surface area contributed by atoms with Crippen molar-refractivity contribution in [1.82, 2.24) is 5.32 Å². The number of hydrogen-bond donors (Lipinski definition) is 1. The van der Waals surface area contributed by atoms with Crippen LogP contribution in [0.2, 0.25) is 0 Å². The Morgan fingerprint density at radius 1 is 1.10 bits per heavy atom. The topological polar surface area (TPSA) is 21.3 Å². The van der Waals surface area contributed by atoms with E-state index in [0.29, 0.717) is 12.0 Å². The molecule has 0 spiro atoms. The van der Waals surface area contributed by atoms with Gasteiger partial charge in [0.05, 0.1) is 7.11 Å². The van der Waals surface area contributed by atoms with Gasteiger partial charge in [-0.15, -0.1) is 0 Å². The van der Waals surface area contributed by atoms with Crippen LogP contribution >= 0.6 is 0 Å². The molecule has 20 heavy (non-hydrogen) atoms. The van der Waals surface area contributed by atoms with Gasteiger partial charge in [0.25, 0.3) is 0 Å². The molecule has 1 aromatic carbocycles. The molecule has 0 heterocycles. The van der Waals surface area contributed by atoms with Crippen LogP contribution in [0.15, 0.2) is 12.1 Å². The minimum absolute atomic E-state index is 0.380. The summed E-state index contributed by atoms with van der Waals surface area (Å²) in [5.74, 6) is 1.70. The Bertz CT molecular complexity index is 408. The molecule has 0 saturated heterocycles. The molecule has 114 valence electrons. The Hall–Kier alpha value is -1.02. The zero-order chi connectivity index (χ0) is 15.1. The van der Waals surface area contributed by atoms with Crippen LogP contribution < -0.4 is 10.1 Å². The van der Waals surface area contributed by atoms with E-state index in [-0.39, 0.29) is 0 Å². The third-order valence-electron chi connectivity index (χ3n) is 4.13. The number of ether oxygens (including phenoxy) is 1. The van der Waals surface area contributed by atoms with Crippen LogP contribution in [0, 0.1) is 19.8 Å². The SMILES string of the molecule is CCCC(CCC)C(NC)c1c(C)cc(C)cc1OC. The first-order valence-corrected chi connectivity index (χ1v) is 7.91. The molecule has 1 rings (SSSR count). The molecular weight excluding hydrogens is 246 g/mol. The first-order valence-electron chi connectivity index (χ1n) is 7.91. The van der Waals surface area contributed by atoms with Crippen molar-refractivity contribution in [3.8, 4) is 5.75 Å². The zero-order valence-electron chi connectivity index (χ0n) is 14.0. The molecule has 0 saturated carbocycles. The fraction of sp³-hybridized carbons (Fsp3) is 0.667. The maximum Gasteiger partial charge on any atom is 0.124 e. The maximum absolute atomic E-state index is 5.66. The fourth-order valence-corrected chi connectivity index (χ4v) is 3.34. The third-order valence-corrected chi connectivity index (χ3v) is 4.13. The minimum atomic E-state index is 0.380. The maximum atomic E-state index is 5.66.